The minimum Gasteiger partial charge on any atom is -0.496 e. The third kappa shape index (κ3) is 3.95. The predicted molar refractivity (Wildman–Crippen MR) is 81.4 cm³/mol. The Bertz CT molecular complexity index is 425. The lowest BCUT2D eigenvalue weighted by Gasteiger charge is -2.30. The predicted octanol–water partition coefficient (Wildman–Crippen LogP) is 1.73. The fourth-order valence-corrected chi connectivity index (χ4v) is 2.83. The Hall–Kier alpha value is -1.10. The SMILES string of the molecule is COc1c(C)cc(CNCC2CN(C)CCO2)cc1C. The molecule has 1 N–H and O–H groups in total. The van der Waals surface area contributed by atoms with Crippen LogP contribution in [-0.4, -0.2) is 51.4 Å². The summed E-state index contributed by atoms with van der Waals surface area (Å²) in [5, 5.41) is 3.49. The average molecular weight is 278 g/mol. The molecule has 0 aromatic heterocycles. The fourth-order valence-electron chi connectivity index (χ4n) is 2.83. The van der Waals surface area contributed by atoms with E-state index in [1.165, 1.54) is 16.7 Å². The highest BCUT2D eigenvalue weighted by Gasteiger charge is 2.16. The molecule has 2 rings (SSSR count). The van der Waals surface area contributed by atoms with Crippen molar-refractivity contribution in [2.45, 2.75) is 26.5 Å². The van der Waals surface area contributed by atoms with Crippen LogP contribution in [0.1, 0.15) is 16.7 Å². The number of likely N-dealkylation sites (N-methyl/N-ethyl adjacent to an activating group) is 1. The Balaban J connectivity index is 1.85. The van der Waals surface area contributed by atoms with Crippen LogP contribution >= 0.6 is 0 Å². The second-order valence-corrected chi connectivity index (χ2v) is 5.65. The Morgan fingerprint density at radius 3 is 2.65 bits per heavy atom. The van der Waals surface area contributed by atoms with Crippen LogP contribution in [0.25, 0.3) is 0 Å². The van der Waals surface area contributed by atoms with Gasteiger partial charge in [0.05, 0.1) is 19.8 Å². The van der Waals surface area contributed by atoms with E-state index in [9.17, 15) is 0 Å². The highest BCUT2D eigenvalue weighted by Crippen LogP contribution is 2.24. The van der Waals surface area contributed by atoms with Crippen molar-refractivity contribution in [2.24, 2.45) is 0 Å². The first kappa shape index (κ1) is 15.3. The molecule has 1 unspecified atom stereocenters. The lowest BCUT2D eigenvalue weighted by Crippen LogP contribution is -2.44. The van der Waals surface area contributed by atoms with Gasteiger partial charge in [-0.05, 0) is 37.6 Å². The van der Waals surface area contributed by atoms with Gasteiger partial charge in [-0.2, -0.15) is 0 Å². The number of benzene rings is 1. The number of hydrogen-bond donors (Lipinski definition) is 1. The number of rotatable bonds is 5. The maximum atomic E-state index is 5.75. The Morgan fingerprint density at radius 2 is 2.05 bits per heavy atom. The summed E-state index contributed by atoms with van der Waals surface area (Å²) in [5.74, 6) is 0.992. The molecular formula is C16H26N2O2. The van der Waals surface area contributed by atoms with Gasteiger partial charge in [0, 0.05) is 26.2 Å². The van der Waals surface area contributed by atoms with Crippen molar-refractivity contribution in [2.75, 3.05) is 40.4 Å². The second kappa shape index (κ2) is 7.07. The molecule has 4 heteroatoms. The largest absolute Gasteiger partial charge is 0.496 e. The molecule has 1 aromatic rings. The molecule has 0 amide bonds. The van der Waals surface area contributed by atoms with Gasteiger partial charge < -0.3 is 19.7 Å². The third-order valence-electron chi connectivity index (χ3n) is 3.77. The van der Waals surface area contributed by atoms with Crippen LogP contribution in [0.2, 0.25) is 0 Å². The summed E-state index contributed by atoms with van der Waals surface area (Å²) in [7, 11) is 3.87. The van der Waals surface area contributed by atoms with Gasteiger partial charge in [0.2, 0.25) is 0 Å². The first-order valence-electron chi connectivity index (χ1n) is 7.25. The van der Waals surface area contributed by atoms with Gasteiger partial charge >= 0.3 is 0 Å². The number of methoxy groups -OCH3 is 1. The molecule has 1 heterocycles. The molecule has 1 aliphatic heterocycles. The molecule has 1 fully saturated rings. The summed E-state index contributed by atoms with van der Waals surface area (Å²) in [6, 6.07) is 4.37. The highest BCUT2D eigenvalue weighted by atomic mass is 16.5. The van der Waals surface area contributed by atoms with Crippen LogP contribution in [0.4, 0.5) is 0 Å². The molecule has 1 atom stereocenters. The molecule has 0 saturated carbocycles. The molecule has 1 aromatic carbocycles. The molecular weight excluding hydrogens is 252 g/mol. The van der Waals surface area contributed by atoms with Crippen molar-refractivity contribution in [3.63, 3.8) is 0 Å². The number of nitrogens with one attached hydrogen (secondary N) is 1. The smallest absolute Gasteiger partial charge is 0.124 e. The van der Waals surface area contributed by atoms with E-state index in [-0.39, 0.29) is 0 Å². The van der Waals surface area contributed by atoms with Crippen molar-refractivity contribution < 1.29 is 9.47 Å². The minimum absolute atomic E-state index is 0.300. The topological polar surface area (TPSA) is 33.7 Å². The maximum absolute atomic E-state index is 5.75. The van der Waals surface area contributed by atoms with Crippen molar-refractivity contribution in [1.29, 1.82) is 0 Å². The first-order valence-corrected chi connectivity index (χ1v) is 7.25. The zero-order valence-electron chi connectivity index (χ0n) is 13.0. The van der Waals surface area contributed by atoms with Crippen LogP contribution in [0.3, 0.4) is 0 Å². The molecule has 4 nitrogen and oxygen atoms in total. The average Bonchev–Trinajstić information content (AvgIpc) is 2.38. The van der Waals surface area contributed by atoms with Crippen LogP contribution in [-0.2, 0) is 11.3 Å². The summed E-state index contributed by atoms with van der Waals surface area (Å²) in [6.07, 6.45) is 0.300. The quantitative estimate of drug-likeness (QED) is 0.889. The van der Waals surface area contributed by atoms with Crippen molar-refractivity contribution in [3.05, 3.63) is 28.8 Å². The van der Waals surface area contributed by atoms with E-state index >= 15 is 0 Å². The lowest BCUT2D eigenvalue weighted by molar-refractivity contribution is -0.0182. The monoisotopic (exact) mass is 278 g/mol. The third-order valence-corrected chi connectivity index (χ3v) is 3.77. The fraction of sp³-hybridized carbons (Fsp3) is 0.625. The van der Waals surface area contributed by atoms with Gasteiger partial charge in [-0.25, -0.2) is 0 Å². The molecule has 0 aliphatic carbocycles. The van der Waals surface area contributed by atoms with E-state index in [0.717, 1.165) is 38.5 Å². The Labute approximate surface area is 122 Å². The Morgan fingerprint density at radius 1 is 1.35 bits per heavy atom. The molecule has 112 valence electrons. The van der Waals surface area contributed by atoms with E-state index in [1.807, 2.05) is 0 Å². The standard InChI is InChI=1S/C16H26N2O2/c1-12-7-14(8-13(2)16(12)19-4)9-17-10-15-11-18(3)5-6-20-15/h7-8,15,17H,5-6,9-11H2,1-4H3. The molecule has 1 saturated heterocycles. The summed E-state index contributed by atoms with van der Waals surface area (Å²) in [4.78, 5) is 2.32. The minimum atomic E-state index is 0.300. The molecule has 20 heavy (non-hydrogen) atoms. The summed E-state index contributed by atoms with van der Waals surface area (Å²) in [6.45, 7) is 8.83. The highest BCUT2D eigenvalue weighted by molar-refractivity contribution is 5.43. The molecule has 0 bridgehead atoms. The van der Waals surface area contributed by atoms with E-state index < -0.39 is 0 Å². The number of ether oxygens (including phenoxy) is 2. The summed E-state index contributed by atoms with van der Waals surface area (Å²) in [5.41, 5.74) is 3.68. The number of aryl methyl sites for hydroxylation is 2. The van der Waals surface area contributed by atoms with Gasteiger partial charge in [0.25, 0.3) is 0 Å². The van der Waals surface area contributed by atoms with Crippen molar-refractivity contribution >= 4 is 0 Å². The normalized spacial score (nSPS) is 20.1. The van der Waals surface area contributed by atoms with Crippen molar-refractivity contribution in [3.8, 4) is 5.75 Å². The van der Waals surface area contributed by atoms with Crippen LogP contribution in [0, 0.1) is 13.8 Å². The lowest BCUT2D eigenvalue weighted by atomic mass is 10.1. The van der Waals surface area contributed by atoms with E-state index in [2.05, 4.69) is 43.2 Å². The molecule has 0 spiro atoms. The Kier molecular flexibility index (Phi) is 5.40. The van der Waals surface area contributed by atoms with Gasteiger partial charge in [-0.1, -0.05) is 12.1 Å². The zero-order chi connectivity index (χ0) is 14.5. The van der Waals surface area contributed by atoms with E-state index in [0.29, 0.717) is 6.10 Å². The number of nitrogens with zero attached hydrogens (tertiary/aromatic N) is 1. The van der Waals surface area contributed by atoms with Crippen LogP contribution in [0.5, 0.6) is 5.75 Å². The maximum Gasteiger partial charge on any atom is 0.124 e. The number of hydrogen-bond acceptors (Lipinski definition) is 4. The first-order chi connectivity index (χ1) is 9.60. The van der Waals surface area contributed by atoms with Crippen LogP contribution in [0.15, 0.2) is 12.1 Å². The summed E-state index contributed by atoms with van der Waals surface area (Å²) < 4.78 is 11.1. The zero-order valence-corrected chi connectivity index (χ0v) is 13.0. The number of morpholine rings is 1. The molecule has 0 radical (unpaired) electrons. The summed E-state index contributed by atoms with van der Waals surface area (Å²) >= 11 is 0. The van der Waals surface area contributed by atoms with Gasteiger partial charge in [0.15, 0.2) is 0 Å². The van der Waals surface area contributed by atoms with Gasteiger partial charge in [-0.3, -0.25) is 0 Å². The van der Waals surface area contributed by atoms with E-state index in [4.69, 9.17) is 9.47 Å². The molecule has 1 aliphatic rings. The second-order valence-electron chi connectivity index (χ2n) is 5.65. The van der Waals surface area contributed by atoms with Crippen LogP contribution < -0.4 is 10.1 Å². The van der Waals surface area contributed by atoms with Gasteiger partial charge in [-0.15, -0.1) is 0 Å². The van der Waals surface area contributed by atoms with Crippen molar-refractivity contribution in [1.82, 2.24) is 10.2 Å². The van der Waals surface area contributed by atoms with Gasteiger partial charge in [0.1, 0.15) is 5.75 Å². The van der Waals surface area contributed by atoms with E-state index in [1.54, 1.807) is 7.11 Å².